The number of unbranched alkanes of at least 4 members (excludes halogenated alkanes) is 1. The van der Waals surface area contributed by atoms with E-state index in [9.17, 15) is 38.7 Å². The zero-order chi connectivity index (χ0) is 44.4. The summed E-state index contributed by atoms with van der Waals surface area (Å²) in [5, 5.41) is 26.9. The van der Waals surface area contributed by atoms with Crippen LogP contribution < -0.4 is 37.6 Å². The number of ether oxygens (including phenoxy) is 2. The molecule has 0 fully saturated rings. The van der Waals surface area contributed by atoms with Gasteiger partial charge in [0.15, 0.2) is 0 Å². The van der Waals surface area contributed by atoms with Gasteiger partial charge in [-0.1, -0.05) is 48.0 Å². The first-order valence-electron chi connectivity index (χ1n) is 19.2. The number of aliphatic hydroxyl groups excluding tert-OH is 1. The molecule has 0 saturated carbocycles. The molecule has 0 aliphatic heterocycles. The molecule has 10 N–H and O–H groups in total. The number of carbonyl (C=O) groups excluding carboxylic acids is 7. The van der Waals surface area contributed by atoms with E-state index in [-0.39, 0.29) is 50.0 Å². The Morgan fingerprint density at radius 2 is 1.48 bits per heavy atom. The molecule has 0 unspecified atom stereocenters. The predicted molar refractivity (Wildman–Crippen MR) is 226 cm³/mol. The average Bonchev–Trinajstić information content (AvgIpc) is 3.58. The highest BCUT2D eigenvalue weighted by Crippen LogP contribution is 2.20. The Morgan fingerprint density at radius 3 is 2.15 bits per heavy atom. The average molecular weight is 875 g/mol. The summed E-state index contributed by atoms with van der Waals surface area (Å²) in [5.41, 5.74) is 6.62. The van der Waals surface area contributed by atoms with Gasteiger partial charge in [0.2, 0.25) is 29.5 Å². The summed E-state index contributed by atoms with van der Waals surface area (Å²) in [6.07, 6.45) is -0.596. The van der Waals surface area contributed by atoms with Gasteiger partial charge < -0.3 is 57.2 Å². The number of benzene rings is 2. The summed E-state index contributed by atoms with van der Waals surface area (Å²) >= 11 is 7.22. The van der Waals surface area contributed by atoms with Crippen LogP contribution in [0.2, 0.25) is 5.02 Å². The second-order valence-electron chi connectivity index (χ2n) is 14.9. The number of nitrogens with two attached hydrogens (primary N) is 1. The molecule has 0 saturated heterocycles. The first-order chi connectivity index (χ1) is 28.3. The van der Waals surface area contributed by atoms with Crippen molar-refractivity contribution in [3.63, 3.8) is 0 Å². The molecule has 3 aromatic rings. The van der Waals surface area contributed by atoms with Gasteiger partial charge in [-0.3, -0.25) is 24.0 Å². The first kappa shape index (κ1) is 48.8. The van der Waals surface area contributed by atoms with Crippen LogP contribution >= 0.6 is 23.4 Å². The van der Waals surface area contributed by atoms with E-state index in [0.29, 0.717) is 22.6 Å². The quantitative estimate of drug-likeness (QED) is 0.0523. The van der Waals surface area contributed by atoms with Gasteiger partial charge in [0.05, 0.1) is 12.0 Å². The first-order valence-corrected chi connectivity index (χ1v) is 20.8. The lowest BCUT2D eigenvalue weighted by Crippen LogP contribution is -2.60. The molecular weight excluding hydrogens is 820 g/mol. The molecule has 1 heterocycles. The molecule has 7 amide bonds. The molecule has 2 aromatic carbocycles. The molecule has 0 aliphatic rings. The summed E-state index contributed by atoms with van der Waals surface area (Å²) < 4.78 is 10.7. The van der Waals surface area contributed by atoms with Crippen molar-refractivity contribution in [3.05, 3.63) is 70.9 Å². The van der Waals surface area contributed by atoms with Crippen molar-refractivity contribution in [1.82, 2.24) is 36.9 Å². The third kappa shape index (κ3) is 17.0. The Morgan fingerprint density at radius 1 is 0.833 bits per heavy atom. The number of hydrogen-bond donors (Lipinski definition) is 9. The maximum atomic E-state index is 14.1. The molecule has 3 rings (SSSR count). The minimum atomic E-state index is -1.49. The summed E-state index contributed by atoms with van der Waals surface area (Å²) in [7, 11) is 0. The third-order valence-electron chi connectivity index (χ3n) is 8.67. The minimum absolute atomic E-state index is 0.00230. The van der Waals surface area contributed by atoms with Gasteiger partial charge in [-0.2, -0.15) is 0 Å². The molecule has 18 nitrogen and oxygen atoms in total. The Labute approximate surface area is 357 Å². The van der Waals surface area contributed by atoms with Gasteiger partial charge in [0, 0.05) is 53.3 Å². The molecule has 20 heteroatoms. The number of thioether (sulfide) groups is 1. The van der Waals surface area contributed by atoms with Gasteiger partial charge in [0.25, 0.3) is 0 Å². The van der Waals surface area contributed by atoms with Crippen molar-refractivity contribution in [2.45, 2.75) is 103 Å². The molecule has 1 aromatic heterocycles. The number of halogens is 1. The number of aromatic nitrogens is 1. The second-order valence-corrected chi connectivity index (χ2v) is 16.3. The number of nitrogens with one attached hydrogen (secondary N) is 7. The smallest absolute Gasteiger partial charge is 0.408 e. The number of aliphatic hydroxyl groups is 1. The van der Waals surface area contributed by atoms with Crippen LogP contribution in [-0.4, -0.2) is 106 Å². The van der Waals surface area contributed by atoms with Crippen LogP contribution in [0.5, 0.6) is 0 Å². The zero-order valence-electron chi connectivity index (χ0n) is 34.2. The molecule has 0 radical (unpaired) electrons. The Bertz CT molecular complexity index is 1960. The van der Waals surface area contributed by atoms with Crippen molar-refractivity contribution in [2.75, 3.05) is 18.2 Å². The molecule has 0 aliphatic carbocycles. The number of alkyl carbamates (subject to hydrolysis) is 2. The van der Waals surface area contributed by atoms with Gasteiger partial charge >= 0.3 is 12.2 Å². The number of amides is 7. The van der Waals surface area contributed by atoms with Crippen molar-refractivity contribution >= 4 is 76.0 Å². The fourth-order valence-corrected chi connectivity index (χ4v) is 6.75. The van der Waals surface area contributed by atoms with Crippen molar-refractivity contribution in [3.8, 4) is 0 Å². The normalized spacial score (nSPS) is 13.7. The number of fused-ring (bicyclic) bond motifs is 1. The monoisotopic (exact) mass is 874 g/mol. The van der Waals surface area contributed by atoms with Gasteiger partial charge in [-0.25, -0.2) is 9.59 Å². The highest BCUT2D eigenvalue weighted by Gasteiger charge is 2.33. The fraction of sp³-hybridized carbons (Fsp3) is 0.475. The number of primary amides is 1. The molecular formula is C40H55ClN8O10S. The largest absolute Gasteiger partial charge is 0.445 e. The maximum Gasteiger partial charge on any atom is 0.408 e. The summed E-state index contributed by atoms with van der Waals surface area (Å²) in [4.78, 5) is 93.7. The molecule has 328 valence electrons. The van der Waals surface area contributed by atoms with Crippen molar-refractivity contribution in [2.24, 2.45) is 5.73 Å². The summed E-state index contributed by atoms with van der Waals surface area (Å²) in [6.45, 7) is 7.67. The van der Waals surface area contributed by atoms with Crippen LogP contribution in [-0.2, 0) is 46.5 Å². The number of rotatable bonds is 22. The number of H-pyrrole nitrogens is 1. The standard InChI is InChI=1S/C40H55ClN8O10S/c1-23(50)33(34(42)52)49-37(55)32(21-60-22-45-24(2)51)47-35(53)30(16-10-11-17-43-38(56)58-20-25-12-6-8-14-28(25)41)46-36(54)31(48-39(57)59-40(3,4)5)18-26-19-44-29-15-9-7-13-27(26)29/h6-9,12-15,19,23,30-33,44,50H,10-11,16-18,20-22H2,1-5H3,(H2,42,52)(H,43,56)(H,45,51)(H,46,54)(H,47,53)(H,48,57)(H,49,55)/t23-,30+,31-,32+,33+/m1/s1. The van der Waals surface area contributed by atoms with Crippen molar-refractivity contribution in [1.29, 1.82) is 0 Å². The lowest BCUT2D eigenvalue weighted by molar-refractivity contribution is -0.134. The fourth-order valence-electron chi connectivity index (χ4n) is 5.66. The van der Waals surface area contributed by atoms with Crippen LogP contribution in [0.3, 0.4) is 0 Å². The van der Waals surface area contributed by atoms with E-state index < -0.39 is 71.7 Å². The van der Waals surface area contributed by atoms with E-state index >= 15 is 0 Å². The number of aromatic amines is 1. The van der Waals surface area contributed by atoms with Gasteiger partial charge in [0.1, 0.15) is 36.4 Å². The highest BCUT2D eigenvalue weighted by atomic mass is 35.5. The third-order valence-corrected chi connectivity index (χ3v) is 9.96. The summed E-state index contributed by atoms with van der Waals surface area (Å²) in [6, 6.07) is 8.95. The van der Waals surface area contributed by atoms with E-state index in [1.54, 1.807) is 51.2 Å². The molecule has 0 bridgehead atoms. The topological polar surface area (TPSA) is 272 Å². The van der Waals surface area contributed by atoms with E-state index in [1.165, 1.54) is 13.8 Å². The number of carbonyl (C=O) groups is 7. The lowest BCUT2D eigenvalue weighted by Gasteiger charge is -2.27. The SMILES string of the molecule is CC(=O)NCSC[C@H](NC(=O)[C@H](CCCCNC(=O)OCc1ccccc1Cl)NC(=O)[C@@H](Cc1c[nH]c2ccccc12)NC(=O)OC(C)(C)C)C(=O)N[C@H](C(N)=O)[C@@H](C)O. The van der Waals surface area contributed by atoms with E-state index in [2.05, 4.69) is 36.9 Å². The zero-order valence-corrected chi connectivity index (χ0v) is 35.8. The van der Waals surface area contributed by atoms with Crippen LogP contribution in [0, 0.1) is 0 Å². The van der Waals surface area contributed by atoms with Gasteiger partial charge in [-0.15, -0.1) is 11.8 Å². The minimum Gasteiger partial charge on any atom is -0.445 e. The maximum absolute atomic E-state index is 14.1. The number of hydrogen-bond acceptors (Lipinski definition) is 11. The number of para-hydroxylation sites is 1. The van der Waals surface area contributed by atoms with Gasteiger partial charge in [-0.05, 0) is 64.7 Å². The Kier molecular flexibility index (Phi) is 19.5. The van der Waals surface area contributed by atoms with Crippen LogP contribution in [0.15, 0.2) is 54.7 Å². The van der Waals surface area contributed by atoms with Crippen LogP contribution in [0.4, 0.5) is 9.59 Å². The molecule has 60 heavy (non-hydrogen) atoms. The van der Waals surface area contributed by atoms with Crippen LogP contribution in [0.25, 0.3) is 10.9 Å². The van der Waals surface area contributed by atoms with E-state index in [0.717, 1.165) is 22.7 Å². The van der Waals surface area contributed by atoms with E-state index in [4.69, 9.17) is 26.8 Å². The molecule has 0 spiro atoms. The van der Waals surface area contributed by atoms with E-state index in [1.807, 2.05) is 24.3 Å². The van der Waals surface area contributed by atoms with Crippen LogP contribution in [0.1, 0.15) is 65.0 Å². The second kappa shape index (κ2) is 23.9. The predicted octanol–water partition coefficient (Wildman–Crippen LogP) is 2.50. The lowest BCUT2D eigenvalue weighted by atomic mass is 10.0. The highest BCUT2D eigenvalue weighted by molar-refractivity contribution is 7.99. The summed E-state index contributed by atoms with van der Waals surface area (Å²) in [5.74, 6) is -3.78. The Balaban J connectivity index is 1.84. The Hall–Kier alpha value is -5.53. The van der Waals surface area contributed by atoms with Crippen molar-refractivity contribution < 1.29 is 48.1 Å². The molecule has 5 atom stereocenters.